The Morgan fingerprint density at radius 2 is 2.21 bits per heavy atom. The molecule has 14 heavy (non-hydrogen) atoms. The SMILES string of the molecule is CNCC(F)Cc1cccc(Cl)c1.Cl. The molecular formula is C10H14Cl2FN. The van der Waals surface area contributed by atoms with Crippen molar-refractivity contribution in [2.45, 2.75) is 12.6 Å². The van der Waals surface area contributed by atoms with Gasteiger partial charge in [0.1, 0.15) is 6.17 Å². The normalized spacial score (nSPS) is 11.9. The Kier molecular flexibility index (Phi) is 6.89. The highest BCUT2D eigenvalue weighted by atomic mass is 35.5. The smallest absolute Gasteiger partial charge is 0.116 e. The van der Waals surface area contributed by atoms with Crippen molar-refractivity contribution < 1.29 is 4.39 Å². The number of nitrogens with one attached hydrogen (secondary N) is 1. The fourth-order valence-corrected chi connectivity index (χ4v) is 1.43. The molecule has 0 aromatic heterocycles. The van der Waals surface area contributed by atoms with Crippen LogP contribution in [0.15, 0.2) is 24.3 Å². The number of hydrogen-bond donors (Lipinski definition) is 1. The molecule has 1 nitrogen and oxygen atoms in total. The Balaban J connectivity index is 0.00000169. The van der Waals surface area contributed by atoms with Crippen molar-refractivity contribution in [3.63, 3.8) is 0 Å². The monoisotopic (exact) mass is 237 g/mol. The van der Waals surface area contributed by atoms with Gasteiger partial charge in [-0.1, -0.05) is 23.7 Å². The lowest BCUT2D eigenvalue weighted by molar-refractivity contribution is 0.324. The summed E-state index contributed by atoms with van der Waals surface area (Å²) in [7, 11) is 1.74. The topological polar surface area (TPSA) is 12.0 Å². The maximum Gasteiger partial charge on any atom is 0.116 e. The van der Waals surface area contributed by atoms with Crippen LogP contribution in [-0.2, 0) is 6.42 Å². The van der Waals surface area contributed by atoms with Crippen molar-refractivity contribution in [3.8, 4) is 0 Å². The number of benzene rings is 1. The van der Waals surface area contributed by atoms with Crippen LogP contribution in [0, 0.1) is 0 Å². The van der Waals surface area contributed by atoms with E-state index in [2.05, 4.69) is 5.32 Å². The Bertz CT molecular complexity index is 268. The number of alkyl halides is 1. The van der Waals surface area contributed by atoms with Crippen molar-refractivity contribution >= 4 is 24.0 Å². The first kappa shape index (κ1) is 13.7. The first-order valence-electron chi connectivity index (χ1n) is 4.25. The molecule has 0 radical (unpaired) electrons. The van der Waals surface area contributed by atoms with E-state index in [0.717, 1.165) is 5.56 Å². The van der Waals surface area contributed by atoms with Crippen LogP contribution in [0.4, 0.5) is 4.39 Å². The molecule has 1 rings (SSSR count). The zero-order chi connectivity index (χ0) is 9.68. The third kappa shape index (κ3) is 4.80. The number of rotatable bonds is 4. The van der Waals surface area contributed by atoms with Crippen molar-refractivity contribution in [3.05, 3.63) is 34.9 Å². The molecule has 0 heterocycles. The van der Waals surface area contributed by atoms with E-state index in [9.17, 15) is 4.39 Å². The molecule has 80 valence electrons. The Morgan fingerprint density at radius 1 is 1.50 bits per heavy atom. The van der Waals surface area contributed by atoms with Gasteiger partial charge in [0, 0.05) is 18.0 Å². The van der Waals surface area contributed by atoms with Crippen LogP contribution >= 0.6 is 24.0 Å². The molecule has 0 bridgehead atoms. The first-order chi connectivity index (χ1) is 6.22. The molecule has 0 aliphatic heterocycles. The molecule has 1 aromatic rings. The second-order valence-electron chi connectivity index (χ2n) is 2.99. The van der Waals surface area contributed by atoms with E-state index in [1.807, 2.05) is 12.1 Å². The van der Waals surface area contributed by atoms with Gasteiger partial charge in [-0.3, -0.25) is 0 Å². The van der Waals surface area contributed by atoms with E-state index < -0.39 is 6.17 Å². The second-order valence-corrected chi connectivity index (χ2v) is 3.43. The molecule has 1 N–H and O–H groups in total. The quantitative estimate of drug-likeness (QED) is 0.850. The third-order valence-corrected chi connectivity index (χ3v) is 2.01. The molecule has 0 saturated carbocycles. The summed E-state index contributed by atoms with van der Waals surface area (Å²) in [5.74, 6) is 0. The summed E-state index contributed by atoms with van der Waals surface area (Å²) in [5.41, 5.74) is 0.940. The molecular weight excluding hydrogens is 224 g/mol. The van der Waals surface area contributed by atoms with Crippen molar-refractivity contribution in [2.75, 3.05) is 13.6 Å². The van der Waals surface area contributed by atoms with Gasteiger partial charge in [-0.05, 0) is 24.7 Å². The van der Waals surface area contributed by atoms with Crippen LogP contribution in [-0.4, -0.2) is 19.8 Å². The van der Waals surface area contributed by atoms with Crippen molar-refractivity contribution in [1.29, 1.82) is 0 Å². The summed E-state index contributed by atoms with van der Waals surface area (Å²) in [5, 5.41) is 3.46. The highest BCUT2D eigenvalue weighted by Gasteiger charge is 2.05. The lowest BCUT2D eigenvalue weighted by Crippen LogP contribution is -2.21. The summed E-state index contributed by atoms with van der Waals surface area (Å²) in [6.07, 6.45) is -0.426. The molecule has 0 aliphatic rings. The van der Waals surface area contributed by atoms with Gasteiger partial charge in [0.05, 0.1) is 0 Å². The van der Waals surface area contributed by atoms with E-state index in [-0.39, 0.29) is 12.4 Å². The first-order valence-corrected chi connectivity index (χ1v) is 4.63. The van der Waals surface area contributed by atoms with Gasteiger partial charge in [0.15, 0.2) is 0 Å². The van der Waals surface area contributed by atoms with Crippen LogP contribution in [0.3, 0.4) is 0 Å². The largest absolute Gasteiger partial charge is 0.317 e. The number of halogens is 3. The zero-order valence-electron chi connectivity index (χ0n) is 7.97. The van der Waals surface area contributed by atoms with Gasteiger partial charge in [0.2, 0.25) is 0 Å². The average molecular weight is 238 g/mol. The second kappa shape index (κ2) is 7.04. The summed E-state index contributed by atoms with van der Waals surface area (Å²) in [6, 6.07) is 7.30. The minimum absolute atomic E-state index is 0. The third-order valence-electron chi connectivity index (χ3n) is 1.77. The van der Waals surface area contributed by atoms with Crippen molar-refractivity contribution in [2.24, 2.45) is 0 Å². The van der Waals surface area contributed by atoms with E-state index in [1.54, 1.807) is 19.2 Å². The fraction of sp³-hybridized carbons (Fsp3) is 0.400. The summed E-state index contributed by atoms with van der Waals surface area (Å²) in [6.45, 7) is 0.381. The number of hydrogen-bond acceptors (Lipinski definition) is 1. The maximum absolute atomic E-state index is 13.1. The molecule has 1 atom stereocenters. The Morgan fingerprint density at radius 3 is 2.79 bits per heavy atom. The van der Waals surface area contributed by atoms with Gasteiger partial charge in [-0.15, -0.1) is 12.4 Å². The molecule has 0 fully saturated rings. The zero-order valence-corrected chi connectivity index (χ0v) is 9.54. The standard InChI is InChI=1S/C10H13ClFN.ClH/c1-13-7-10(12)6-8-3-2-4-9(11)5-8;/h2-5,10,13H,6-7H2,1H3;1H. The van der Waals surface area contributed by atoms with Crippen LogP contribution in [0.1, 0.15) is 5.56 Å². The molecule has 1 unspecified atom stereocenters. The predicted molar refractivity (Wildman–Crippen MR) is 61.2 cm³/mol. The van der Waals surface area contributed by atoms with Gasteiger partial charge in [0.25, 0.3) is 0 Å². The van der Waals surface area contributed by atoms with Gasteiger partial charge in [-0.25, -0.2) is 4.39 Å². The molecule has 4 heteroatoms. The van der Waals surface area contributed by atoms with Crippen LogP contribution in [0.25, 0.3) is 0 Å². The predicted octanol–water partition coefficient (Wildman–Crippen LogP) is 2.86. The van der Waals surface area contributed by atoms with Crippen LogP contribution in [0.5, 0.6) is 0 Å². The summed E-state index contributed by atoms with van der Waals surface area (Å²) in [4.78, 5) is 0. The molecule has 0 saturated heterocycles. The lowest BCUT2D eigenvalue weighted by Gasteiger charge is -2.07. The van der Waals surface area contributed by atoms with E-state index >= 15 is 0 Å². The van der Waals surface area contributed by atoms with Gasteiger partial charge < -0.3 is 5.32 Å². The molecule has 0 spiro atoms. The Labute approximate surface area is 95.1 Å². The van der Waals surface area contributed by atoms with Crippen LogP contribution in [0.2, 0.25) is 5.02 Å². The van der Waals surface area contributed by atoms with E-state index in [0.29, 0.717) is 18.0 Å². The minimum atomic E-state index is -0.844. The summed E-state index contributed by atoms with van der Waals surface area (Å²) < 4.78 is 13.1. The highest BCUT2D eigenvalue weighted by Crippen LogP contribution is 2.12. The summed E-state index contributed by atoms with van der Waals surface area (Å²) >= 11 is 5.77. The maximum atomic E-state index is 13.1. The van der Waals surface area contributed by atoms with E-state index in [4.69, 9.17) is 11.6 Å². The van der Waals surface area contributed by atoms with Gasteiger partial charge >= 0.3 is 0 Å². The minimum Gasteiger partial charge on any atom is -0.317 e. The lowest BCUT2D eigenvalue weighted by atomic mass is 10.1. The molecule has 1 aromatic carbocycles. The Hall–Kier alpha value is -0.310. The highest BCUT2D eigenvalue weighted by molar-refractivity contribution is 6.30. The molecule has 0 amide bonds. The van der Waals surface area contributed by atoms with Crippen LogP contribution < -0.4 is 5.32 Å². The van der Waals surface area contributed by atoms with Gasteiger partial charge in [-0.2, -0.15) is 0 Å². The van der Waals surface area contributed by atoms with Crippen molar-refractivity contribution in [1.82, 2.24) is 5.32 Å². The fourth-order valence-electron chi connectivity index (χ4n) is 1.21. The molecule has 0 aliphatic carbocycles. The van der Waals surface area contributed by atoms with E-state index in [1.165, 1.54) is 0 Å². The average Bonchev–Trinajstić information content (AvgIpc) is 2.04.